The van der Waals surface area contributed by atoms with Crippen molar-refractivity contribution in [2.24, 2.45) is 5.73 Å². The molecule has 0 aromatic heterocycles. The zero-order chi connectivity index (χ0) is 15.4. The van der Waals surface area contributed by atoms with Crippen LogP contribution in [0.5, 0.6) is 0 Å². The average molecular weight is 302 g/mol. The van der Waals surface area contributed by atoms with Crippen LogP contribution in [0.2, 0.25) is 0 Å². The fourth-order valence-electron chi connectivity index (χ4n) is 1.94. The smallest absolute Gasteiger partial charge is 0.231 e. The van der Waals surface area contributed by atoms with Crippen molar-refractivity contribution in [3.05, 3.63) is 65.5 Å². The highest BCUT2D eigenvalue weighted by atomic mass is 32.1. The van der Waals surface area contributed by atoms with Crippen molar-refractivity contribution in [3.8, 4) is 0 Å². The molecule has 1 amide bonds. The van der Waals surface area contributed by atoms with Crippen molar-refractivity contribution in [1.29, 1.82) is 0 Å². The molecule has 0 saturated heterocycles. The minimum Gasteiger partial charge on any atom is -0.389 e. The summed E-state index contributed by atoms with van der Waals surface area (Å²) >= 11 is 4.87. The first kappa shape index (κ1) is 15.1. The molecule has 0 saturated carbocycles. The molecule has 0 heterocycles. The summed E-state index contributed by atoms with van der Waals surface area (Å²) < 4.78 is 13.7. The molecule has 0 fully saturated rings. The fraction of sp³-hybridized carbons (Fsp3) is 0.125. The predicted octanol–water partition coefficient (Wildman–Crippen LogP) is 2.67. The van der Waals surface area contributed by atoms with Gasteiger partial charge in [-0.3, -0.25) is 4.79 Å². The van der Waals surface area contributed by atoms with Crippen LogP contribution >= 0.6 is 12.2 Å². The number of halogens is 1. The highest BCUT2D eigenvalue weighted by Gasteiger charge is 2.14. The van der Waals surface area contributed by atoms with Gasteiger partial charge in [-0.25, -0.2) is 4.39 Å². The van der Waals surface area contributed by atoms with E-state index in [0.29, 0.717) is 4.99 Å². The Morgan fingerprint density at radius 1 is 1.19 bits per heavy atom. The number of hydrogen-bond donors (Lipinski definition) is 1. The van der Waals surface area contributed by atoms with Crippen LogP contribution in [-0.2, 0) is 11.2 Å². The summed E-state index contributed by atoms with van der Waals surface area (Å²) in [5.74, 6) is -0.611. The summed E-state index contributed by atoms with van der Waals surface area (Å²) in [6.07, 6.45) is 0.183. The molecule has 2 aromatic carbocycles. The van der Waals surface area contributed by atoms with Crippen molar-refractivity contribution >= 4 is 28.8 Å². The van der Waals surface area contributed by atoms with Crippen LogP contribution in [0.3, 0.4) is 0 Å². The van der Waals surface area contributed by atoms with Crippen LogP contribution in [-0.4, -0.2) is 17.9 Å². The molecule has 108 valence electrons. The number of thiocarbonyl (C=S) groups is 1. The van der Waals surface area contributed by atoms with Gasteiger partial charge in [-0.15, -0.1) is 0 Å². The van der Waals surface area contributed by atoms with Crippen LogP contribution in [0, 0.1) is 5.82 Å². The zero-order valence-corrected chi connectivity index (χ0v) is 12.4. The Kier molecular flexibility index (Phi) is 4.65. The third-order valence-electron chi connectivity index (χ3n) is 3.18. The predicted molar refractivity (Wildman–Crippen MR) is 85.8 cm³/mol. The lowest BCUT2D eigenvalue weighted by atomic mass is 10.1. The number of carbonyl (C=O) groups is 1. The zero-order valence-electron chi connectivity index (χ0n) is 11.5. The maximum atomic E-state index is 13.7. The Hall–Kier alpha value is -2.27. The Bertz CT molecular complexity index is 670. The van der Waals surface area contributed by atoms with Gasteiger partial charge >= 0.3 is 0 Å². The highest BCUT2D eigenvalue weighted by molar-refractivity contribution is 7.80. The fourth-order valence-corrected chi connectivity index (χ4v) is 2.07. The molecule has 0 aliphatic carbocycles. The molecular formula is C16H15FN2OS. The van der Waals surface area contributed by atoms with Crippen LogP contribution in [0.1, 0.15) is 11.1 Å². The van der Waals surface area contributed by atoms with Gasteiger partial charge in [-0.2, -0.15) is 0 Å². The molecule has 0 aliphatic rings. The van der Waals surface area contributed by atoms with Crippen molar-refractivity contribution in [2.75, 3.05) is 11.9 Å². The number of likely N-dealkylation sites (N-methyl/N-ethyl adjacent to an activating group) is 1. The molecule has 0 aliphatic heterocycles. The Morgan fingerprint density at radius 2 is 1.81 bits per heavy atom. The standard InChI is InChI=1S/C16H15FN2OS/c1-19(14-5-3-2-4-13(14)17)15(20)10-11-6-8-12(9-7-11)16(18)21/h2-9H,10H2,1H3,(H2,18,21). The molecule has 21 heavy (non-hydrogen) atoms. The van der Waals surface area contributed by atoms with Crippen molar-refractivity contribution < 1.29 is 9.18 Å². The minimum absolute atomic E-state index is 0.183. The van der Waals surface area contributed by atoms with Gasteiger partial charge in [0, 0.05) is 12.6 Å². The molecule has 2 N–H and O–H groups in total. The van der Waals surface area contributed by atoms with Gasteiger partial charge in [0.15, 0.2) is 0 Å². The molecular weight excluding hydrogens is 287 g/mol. The van der Waals surface area contributed by atoms with Crippen molar-refractivity contribution in [3.63, 3.8) is 0 Å². The maximum absolute atomic E-state index is 13.7. The number of para-hydroxylation sites is 1. The highest BCUT2D eigenvalue weighted by Crippen LogP contribution is 2.18. The first-order valence-corrected chi connectivity index (χ1v) is 6.79. The van der Waals surface area contributed by atoms with E-state index in [1.807, 2.05) is 0 Å². The summed E-state index contributed by atoms with van der Waals surface area (Å²) in [7, 11) is 1.56. The van der Waals surface area contributed by atoms with Gasteiger partial charge < -0.3 is 10.6 Å². The Morgan fingerprint density at radius 3 is 2.38 bits per heavy atom. The second-order valence-corrected chi connectivity index (χ2v) is 5.08. The van der Waals surface area contributed by atoms with Gasteiger partial charge in [0.1, 0.15) is 10.8 Å². The molecule has 5 heteroatoms. The topological polar surface area (TPSA) is 46.3 Å². The van der Waals surface area contributed by atoms with E-state index < -0.39 is 5.82 Å². The number of anilines is 1. The van der Waals surface area contributed by atoms with Gasteiger partial charge in [-0.05, 0) is 17.7 Å². The molecule has 0 unspecified atom stereocenters. The summed E-state index contributed by atoms with van der Waals surface area (Å²) in [4.78, 5) is 13.8. The molecule has 2 rings (SSSR count). The first-order chi connectivity index (χ1) is 9.99. The quantitative estimate of drug-likeness (QED) is 0.883. The number of amides is 1. The number of rotatable bonds is 4. The van der Waals surface area contributed by atoms with E-state index in [0.717, 1.165) is 11.1 Å². The molecule has 0 atom stereocenters. The van der Waals surface area contributed by atoms with E-state index in [1.165, 1.54) is 11.0 Å². The van der Waals surface area contributed by atoms with E-state index in [2.05, 4.69) is 0 Å². The van der Waals surface area contributed by atoms with Gasteiger partial charge in [0.05, 0.1) is 12.1 Å². The normalized spacial score (nSPS) is 10.2. The summed E-state index contributed by atoms with van der Waals surface area (Å²) in [5.41, 5.74) is 7.36. The minimum atomic E-state index is -0.419. The van der Waals surface area contributed by atoms with E-state index in [1.54, 1.807) is 49.5 Å². The van der Waals surface area contributed by atoms with E-state index in [-0.39, 0.29) is 18.0 Å². The lowest BCUT2D eigenvalue weighted by Crippen LogP contribution is -2.28. The van der Waals surface area contributed by atoms with Gasteiger partial charge in [-0.1, -0.05) is 48.6 Å². The first-order valence-electron chi connectivity index (χ1n) is 6.39. The van der Waals surface area contributed by atoms with Crippen molar-refractivity contribution in [1.82, 2.24) is 0 Å². The Labute approximate surface area is 128 Å². The monoisotopic (exact) mass is 302 g/mol. The van der Waals surface area contributed by atoms with E-state index >= 15 is 0 Å². The number of benzene rings is 2. The van der Waals surface area contributed by atoms with Crippen molar-refractivity contribution in [2.45, 2.75) is 6.42 Å². The molecule has 2 aromatic rings. The summed E-state index contributed by atoms with van der Waals surface area (Å²) in [6, 6.07) is 13.3. The SMILES string of the molecule is CN(C(=O)Cc1ccc(C(N)=S)cc1)c1ccccc1F. The van der Waals surface area contributed by atoms with Crippen LogP contribution in [0.25, 0.3) is 0 Å². The number of nitrogens with two attached hydrogens (primary N) is 1. The number of carbonyl (C=O) groups excluding carboxylic acids is 1. The van der Waals surface area contributed by atoms with Gasteiger partial charge in [0.2, 0.25) is 5.91 Å². The molecule has 0 spiro atoms. The lowest BCUT2D eigenvalue weighted by Gasteiger charge is -2.18. The third kappa shape index (κ3) is 3.64. The third-order valence-corrected chi connectivity index (χ3v) is 3.42. The second-order valence-electron chi connectivity index (χ2n) is 4.64. The van der Waals surface area contributed by atoms with Crippen LogP contribution in [0.4, 0.5) is 10.1 Å². The lowest BCUT2D eigenvalue weighted by molar-refractivity contribution is -0.117. The Balaban J connectivity index is 2.11. The van der Waals surface area contributed by atoms with Crippen LogP contribution in [0.15, 0.2) is 48.5 Å². The molecule has 0 radical (unpaired) electrons. The summed E-state index contributed by atoms with van der Waals surface area (Å²) in [5, 5.41) is 0. The maximum Gasteiger partial charge on any atom is 0.231 e. The van der Waals surface area contributed by atoms with Crippen LogP contribution < -0.4 is 10.6 Å². The second kappa shape index (κ2) is 6.45. The number of nitrogens with zero attached hydrogens (tertiary/aromatic N) is 1. The van der Waals surface area contributed by atoms with E-state index in [4.69, 9.17) is 18.0 Å². The molecule has 0 bridgehead atoms. The molecule has 3 nitrogen and oxygen atoms in total. The largest absolute Gasteiger partial charge is 0.389 e. The average Bonchev–Trinajstić information content (AvgIpc) is 2.47. The summed E-state index contributed by atoms with van der Waals surface area (Å²) in [6.45, 7) is 0. The van der Waals surface area contributed by atoms with E-state index in [9.17, 15) is 9.18 Å². The van der Waals surface area contributed by atoms with Gasteiger partial charge in [0.25, 0.3) is 0 Å². The number of hydrogen-bond acceptors (Lipinski definition) is 2.